The number of amides is 3. The first kappa shape index (κ1) is 42.0. The van der Waals surface area contributed by atoms with Crippen LogP contribution in [-0.4, -0.2) is 104 Å². The molecule has 0 bridgehead atoms. The fourth-order valence-electron chi connectivity index (χ4n) is 8.14. The van der Waals surface area contributed by atoms with Crippen LogP contribution in [0.2, 0.25) is 5.02 Å². The van der Waals surface area contributed by atoms with Crippen LogP contribution in [0.3, 0.4) is 0 Å². The Balaban J connectivity index is 1.21. The molecule has 2 aromatic heterocycles. The van der Waals surface area contributed by atoms with E-state index in [9.17, 15) is 34.2 Å². The zero-order valence-electron chi connectivity index (χ0n) is 33.5. The quantitative estimate of drug-likeness (QED) is 0.116. The molecule has 59 heavy (non-hydrogen) atoms. The molecule has 7 rings (SSSR count). The van der Waals surface area contributed by atoms with Gasteiger partial charge in [0.25, 0.3) is 0 Å². The van der Waals surface area contributed by atoms with E-state index in [0.29, 0.717) is 33.7 Å². The van der Waals surface area contributed by atoms with E-state index in [0.717, 1.165) is 19.3 Å². The summed E-state index contributed by atoms with van der Waals surface area (Å²) in [4.78, 5) is 76.7. The monoisotopic (exact) mass is 852 g/mol. The number of carbonyl (C=O) groups is 5. The van der Waals surface area contributed by atoms with Crippen molar-refractivity contribution in [3.8, 4) is 22.9 Å². The van der Waals surface area contributed by atoms with Crippen molar-refractivity contribution < 1.29 is 48.4 Å². The van der Waals surface area contributed by atoms with Gasteiger partial charge >= 0.3 is 18.0 Å². The van der Waals surface area contributed by atoms with E-state index in [2.05, 4.69) is 27.5 Å². The Hall–Kier alpha value is -5.16. The van der Waals surface area contributed by atoms with Crippen molar-refractivity contribution in [2.75, 3.05) is 18.5 Å². The summed E-state index contributed by atoms with van der Waals surface area (Å²) in [7, 11) is 0. The lowest BCUT2D eigenvalue weighted by molar-refractivity contribution is -0.146. The molecule has 4 fully saturated rings. The molecule has 18 heteroatoms. The Labute approximate surface area is 350 Å². The standard InChI is InChI=1S/C41H49ClN6O10S/c1-7-22-15-41(22,37(53)54)47-35(51)28-13-24(16-48(28)36(52)34(40(4,5)6)46-39(55)58-23-11-20-10-21(20)12-23)57-30-14-26(27-18-59-38(45-27)43-19(2)3)44-33-25(30)8-9-29(32(33)42)56-17-31(49)50/h7-9,14,18-24,28,34H,1,10-13,15-17H2,2-6H3,(H,43,45)(H,46,55)(H,47,51)(H,49,50)(H,53,54)/t20-,21+,22-,23?,24-,28?,34-,41-/m1/s1. The zero-order valence-corrected chi connectivity index (χ0v) is 35.0. The topological polar surface area (TPSA) is 219 Å². The highest BCUT2D eigenvalue weighted by atomic mass is 35.5. The number of ether oxygens (including phenoxy) is 3. The summed E-state index contributed by atoms with van der Waals surface area (Å²) in [5.41, 5.74) is -1.29. The van der Waals surface area contributed by atoms with Crippen LogP contribution >= 0.6 is 22.9 Å². The second-order valence-electron chi connectivity index (χ2n) is 17.3. The lowest BCUT2D eigenvalue weighted by atomic mass is 9.85. The molecule has 5 N–H and O–H groups in total. The number of alkyl carbamates (subject to hydrolysis) is 1. The zero-order chi connectivity index (χ0) is 42.6. The molecule has 3 amide bonds. The largest absolute Gasteiger partial charge is 0.488 e. The van der Waals surface area contributed by atoms with Crippen LogP contribution in [0.15, 0.2) is 36.2 Å². The molecule has 2 unspecified atom stereocenters. The number of anilines is 1. The molecular weight excluding hydrogens is 804 g/mol. The summed E-state index contributed by atoms with van der Waals surface area (Å²) < 4.78 is 17.9. The number of hydrogen-bond acceptors (Lipinski definition) is 12. The number of carbonyl (C=O) groups excluding carboxylic acids is 3. The molecule has 4 aliphatic rings. The summed E-state index contributed by atoms with van der Waals surface area (Å²) in [6, 6.07) is 2.60. The van der Waals surface area contributed by atoms with E-state index in [-0.39, 0.29) is 53.6 Å². The van der Waals surface area contributed by atoms with Crippen LogP contribution in [0.25, 0.3) is 22.3 Å². The van der Waals surface area contributed by atoms with Gasteiger partial charge in [-0.15, -0.1) is 17.9 Å². The molecular formula is C41H49ClN6O10S. The van der Waals surface area contributed by atoms with Crippen molar-refractivity contribution in [3.05, 3.63) is 41.3 Å². The number of likely N-dealkylation sites (tertiary alicyclic amines) is 1. The lowest BCUT2D eigenvalue weighted by Gasteiger charge is -2.35. The average molecular weight is 853 g/mol. The minimum atomic E-state index is -1.57. The van der Waals surface area contributed by atoms with Crippen LogP contribution in [-0.2, 0) is 23.9 Å². The van der Waals surface area contributed by atoms with Crippen molar-refractivity contribution >= 4 is 68.8 Å². The number of nitrogens with zero attached hydrogens (tertiary/aromatic N) is 3. The van der Waals surface area contributed by atoms with E-state index in [4.69, 9.17) is 30.8 Å². The van der Waals surface area contributed by atoms with Crippen LogP contribution in [0.1, 0.15) is 66.7 Å². The van der Waals surface area contributed by atoms with Gasteiger partial charge in [0.2, 0.25) is 11.8 Å². The fraction of sp³-hybridized carbons (Fsp3) is 0.537. The molecule has 3 aromatic rings. The summed E-state index contributed by atoms with van der Waals surface area (Å²) >= 11 is 8.18. The summed E-state index contributed by atoms with van der Waals surface area (Å²) in [5.74, 6) is -2.64. The SMILES string of the molecule is C=C[C@@H]1C[C@]1(NC(=O)C1C[C@@H](Oc2cc(-c3csc(NC(C)C)n3)nc3c(Cl)c(OCC(=O)O)ccc23)CN1C(=O)[C@@H](NC(=O)OC1C[C@@H]2C[C@@H]2C1)C(C)(C)C)C(=O)O. The highest BCUT2D eigenvalue weighted by molar-refractivity contribution is 7.14. The van der Waals surface area contributed by atoms with Crippen molar-refractivity contribution in [2.45, 2.75) is 103 Å². The van der Waals surface area contributed by atoms with Crippen molar-refractivity contribution in [1.82, 2.24) is 25.5 Å². The molecule has 3 saturated carbocycles. The number of fused-ring (bicyclic) bond motifs is 2. The normalized spacial score (nSPS) is 26.1. The van der Waals surface area contributed by atoms with Crippen molar-refractivity contribution in [1.29, 1.82) is 0 Å². The number of carboxylic acid groups (broad SMARTS) is 2. The molecule has 1 saturated heterocycles. The van der Waals surface area contributed by atoms with Gasteiger partial charge in [0.15, 0.2) is 11.7 Å². The van der Waals surface area contributed by atoms with Gasteiger partial charge < -0.3 is 45.3 Å². The molecule has 0 radical (unpaired) electrons. The van der Waals surface area contributed by atoms with Gasteiger partial charge in [0, 0.05) is 35.2 Å². The van der Waals surface area contributed by atoms with E-state index in [1.54, 1.807) is 32.9 Å². The van der Waals surface area contributed by atoms with E-state index < -0.39 is 71.5 Å². The van der Waals surface area contributed by atoms with Gasteiger partial charge in [-0.2, -0.15) is 0 Å². The Morgan fingerprint density at radius 1 is 1.05 bits per heavy atom. The highest BCUT2D eigenvalue weighted by Crippen LogP contribution is 2.52. The fourth-order valence-corrected chi connectivity index (χ4v) is 9.25. The highest BCUT2D eigenvalue weighted by Gasteiger charge is 2.61. The molecule has 316 valence electrons. The van der Waals surface area contributed by atoms with Crippen molar-refractivity contribution in [3.63, 3.8) is 0 Å². The number of nitrogens with one attached hydrogen (secondary N) is 3. The summed E-state index contributed by atoms with van der Waals surface area (Å²) in [6.07, 6.45) is 2.56. The molecule has 16 nitrogen and oxygen atoms in total. The van der Waals surface area contributed by atoms with Gasteiger partial charge in [-0.3, -0.25) is 9.59 Å². The van der Waals surface area contributed by atoms with Gasteiger partial charge in [-0.1, -0.05) is 38.4 Å². The molecule has 3 heterocycles. The van der Waals surface area contributed by atoms with Gasteiger partial charge in [0.1, 0.15) is 52.0 Å². The predicted octanol–water partition coefficient (Wildman–Crippen LogP) is 5.73. The minimum absolute atomic E-state index is 0.0347. The number of aliphatic carboxylic acids is 2. The smallest absolute Gasteiger partial charge is 0.408 e. The Bertz CT molecular complexity index is 2180. The van der Waals surface area contributed by atoms with E-state index in [1.165, 1.54) is 28.4 Å². The number of halogens is 1. The number of thiazole rings is 1. The molecule has 1 aromatic carbocycles. The first-order valence-corrected chi connectivity index (χ1v) is 20.9. The third-order valence-corrected chi connectivity index (χ3v) is 12.5. The minimum Gasteiger partial charge on any atom is -0.488 e. The number of rotatable bonds is 15. The van der Waals surface area contributed by atoms with E-state index in [1.807, 2.05) is 19.2 Å². The Morgan fingerprint density at radius 2 is 1.78 bits per heavy atom. The van der Waals surface area contributed by atoms with Gasteiger partial charge in [0.05, 0.1) is 17.8 Å². The maximum atomic E-state index is 14.7. The summed E-state index contributed by atoms with van der Waals surface area (Å²) in [5, 5.41) is 31.0. The second kappa shape index (κ2) is 16.1. The lowest BCUT2D eigenvalue weighted by Crippen LogP contribution is -2.59. The van der Waals surface area contributed by atoms with Gasteiger partial charge in [-0.05, 0) is 68.9 Å². The van der Waals surface area contributed by atoms with Crippen LogP contribution in [0.5, 0.6) is 11.5 Å². The Morgan fingerprint density at radius 3 is 2.41 bits per heavy atom. The number of aromatic nitrogens is 2. The van der Waals surface area contributed by atoms with Crippen molar-refractivity contribution in [2.24, 2.45) is 23.2 Å². The number of benzene rings is 1. The average Bonchev–Trinajstić information content (AvgIpc) is 3.83. The molecule has 1 aliphatic heterocycles. The molecule has 3 aliphatic carbocycles. The Kier molecular flexibility index (Phi) is 11.5. The maximum absolute atomic E-state index is 14.7. The second-order valence-corrected chi connectivity index (χ2v) is 18.5. The van der Waals surface area contributed by atoms with Crippen LogP contribution in [0, 0.1) is 23.2 Å². The van der Waals surface area contributed by atoms with Gasteiger partial charge in [-0.25, -0.2) is 24.4 Å². The van der Waals surface area contributed by atoms with Crippen LogP contribution in [0.4, 0.5) is 9.93 Å². The third-order valence-electron chi connectivity index (χ3n) is 11.4. The first-order chi connectivity index (χ1) is 27.9. The predicted molar refractivity (Wildman–Crippen MR) is 219 cm³/mol. The number of carboxylic acids is 2. The third kappa shape index (κ3) is 8.91. The molecule has 0 spiro atoms. The molecule has 8 atom stereocenters. The number of hydrogen-bond donors (Lipinski definition) is 5. The van der Waals surface area contributed by atoms with Crippen LogP contribution < -0.4 is 25.4 Å². The summed E-state index contributed by atoms with van der Waals surface area (Å²) in [6.45, 7) is 12.3. The maximum Gasteiger partial charge on any atom is 0.408 e. The number of pyridine rings is 1. The first-order valence-electron chi connectivity index (χ1n) is 19.7. The van der Waals surface area contributed by atoms with E-state index >= 15 is 0 Å².